The van der Waals surface area contributed by atoms with Gasteiger partial charge in [-0.1, -0.05) is 12.1 Å². The lowest BCUT2D eigenvalue weighted by molar-refractivity contribution is 0.0939. The van der Waals surface area contributed by atoms with E-state index in [9.17, 15) is 4.79 Å². The van der Waals surface area contributed by atoms with Crippen LogP contribution >= 0.6 is 0 Å². The molecule has 0 radical (unpaired) electrons. The number of amides is 1. The summed E-state index contributed by atoms with van der Waals surface area (Å²) in [5, 5.41) is 2.97. The summed E-state index contributed by atoms with van der Waals surface area (Å²) in [5.41, 5.74) is 2.48. The molecule has 104 valence electrons. The molecule has 1 aromatic carbocycles. The first-order chi connectivity index (χ1) is 9.60. The number of nitrogens with one attached hydrogen (secondary N) is 1. The van der Waals surface area contributed by atoms with Crippen molar-refractivity contribution >= 4 is 5.91 Å². The van der Waals surface area contributed by atoms with Crippen LogP contribution in [0, 0.1) is 6.92 Å². The molecule has 2 aromatic rings. The zero-order valence-electron chi connectivity index (χ0n) is 11.9. The van der Waals surface area contributed by atoms with Gasteiger partial charge in [0.1, 0.15) is 5.75 Å². The molecule has 2 rings (SSSR count). The van der Waals surface area contributed by atoms with E-state index >= 15 is 0 Å². The van der Waals surface area contributed by atoms with Crippen LogP contribution in [0.4, 0.5) is 0 Å². The van der Waals surface area contributed by atoms with Crippen molar-refractivity contribution in [1.82, 2.24) is 10.3 Å². The second kappa shape index (κ2) is 6.19. The van der Waals surface area contributed by atoms with E-state index in [0.29, 0.717) is 5.56 Å². The van der Waals surface area contributed by atoms with Gasteiger partial charge in [-0.25, -0.2) is 0 Å². The van der Waals surface area contributed by atoms with Gasteiger partial charge >= 0.3 is 0 Å². The summed E-state index contributed by atoms with van der Waals surface area (Å²) in [6, 6.07) is 11.1. The summed E-state index contributed by atoms with van der Waals surface area (Å²) in [6.07, 6.45) is 1.64. The number of hydrogen-bond acceptors (Lipinski definition) is 3. The summed E-state index contributed by atoms with van der Waals surface area (Å²) in [4.78, 5) is 16.2. The summed E-state index contributed by atoms with van der Waals surface area (Å²) in [5.74, 6) is 0.704. The highest BCUT2D eigenvalue weighted by Gasteiger charge is 2.11. The molecule has 0 aliphatic carbocycles. The molecular weight excluding hydrogens is 252 g/mol. The molecule has 0 saturated heterocycles. The number of pyridine rings is 1. The van der Waals surface area contributed by atoms with Crippen LogP contribution in [0.3, 0.4) is 0 Å². The van der Waals surface area contributed by atoms with Gasteiger partial charge in [0.25, 0.3) is 5.91 Å². The minimum absolute atomic E-state index is 0.0677. The van der Waals surface area contributed by atoms with E-state index < -0.39 is 0 Å². The fourth-order valence-electron chi connectivity index (χ4n) is 1.94. The van der Waals surface area contributed by atoms with Crippen LogP contribution in [-0.2, 0) is 0 Å². The molecule has 1 aromatic heterocycles. The topological polar surface area (TPSA) is 51.2 Å². The highest BCUT2D eigenvalue weighted by molar-refractivity contribution is 5.94. The van der Waals surface area contributed by atoms with Crippen LogP contribution in [0.5, 0.6) is 5.75 Å². The Labute approximate surface area is 118 Å². The van der Waals surface area contributed by atoms with E-state index in [-0.39, 0.29) is 11.9 Å². The molecule has 0 fully saturated rings. The lowest BCUT2D eigenvalue weighted by Gasteiger charge is -2.15. The lowest BCUT2D eigenvalue weighted by Crippen LogP contribution is -2.26. The van der Waals surface area contributed by atoms with Crippen LogP contribution < -0.4 is 10.1 Å². The summed E-state index contributed by atoms with van der Waals surface area (Å²) in [6.45, 7) is 3.82. The van der Waals surface area contributed by atoms with Crippen molar-refractivity contribution in [3.63, 3.8) is 0 Å². The monoisotopic (exact) mass is 270 g/mol. The Bertz CT molecular complexity index is 594. The van der Waals surface area contributed by atoms with Crippen LogP contribution in [0.25, 0.3) is 0 Å². The average molecular weight is 270 g/mol. The number of carbonyl (C=O) groups excluding carboxylic acids is 1. The van der Waals surface area contributed by atoms with E-state index in [0.717, 1.165) is 17.0 Å². The van der Waals surface area contributed by atoms with E-state index in [4.69, 9.17) is 4.74 Å². The molecule has 4 nitrogen and oxygen atoms in total. The molecule has 0 spiro atoms. The molecule has 1 unspecified atom stereocenters. The molecule has 20 heavy (non-hydrogen) atoms. The van der Waals surface area contributed by atoms with Crippen LogP contribution in [0.1, 0.15) is 34.6 Å². The van der Waals surface area contributed by atoms with Gasteiger partial charge in [0.15, 0.2) is 0 Å². The largest absolute Gasteiger partial charge is 0.497 e. The van der Waals surface area contributed by atoms with Gasteiger partial charge < -0.3 is 10.1 Å². The van der Waals surface area contributed by atoms with Crippen molar-refractivity contribution < 1.29 is 9.53 Å². The Morgan fingerprint density at radius 1 is 1.25 bits per heavy atom. The van der Waals surface area contributed by atoms with Crippen molar-refractivity contribution in [2.45, 2.75) is 19.9 Å². The van der Waals surface area contributed by atoms with Gasteiger partial charge in [0.2, 0.25) is 0 Å². The highest BCUT2D eigenvalue weighted by atomic mass is 16.5. The first-order valence-electron chi connectivity index (χ1n) is 6.47. The molecule has 0 aliphatic heterocycles. The molecule has 4 heteroatoms. The van der Waals surface area contributed by atoms with Crippen molar-refractivity contribution in [1.29, 1.82) is 0 Å². The molecule has 1 amide bonds. The number of aromatic nitrogens is 1. The van der Waals surface area contributed by atoms with Crippen LogP contribution in [0.15, 0.2) is 42.6 Å². The summed E-state index contributed by atoms with van der Waals surface area (Å²) >= 11 is 0. The Kier molecular flexibility index (Phi) is 4.35. The first-order valence-corrected chi connectivity index (χ1v) is 6.47. The standard InChI is InChI=1S/C16H18N2O2/c1-11-10-14(8-9-17-11)16(19)18-12(2)13-4-6-15(20-3)7-5-13/h4-10,12H,1-3H3,(H,18,19). The third-order valence-corrected chi connectivity index (χ3v) is 3.12. The number of ether oxygens (including phenoxy) is 1. The highest BCUT2D eigenvalue weighted by Crippen LogP contribution is 2.17. The molecule has 1 atom stereocenters. The van der Waals surface area contributed by atoms with Gasteiger partial charge in [-0.15, -0.1) is 0 Å². The van der Waals surface area contributed by atoms with E-state index in [1.807, 2.05) is 38.1 Å². The number of nitrogens with zero attached hydrogens (tertiary/aromatic N) is 1. The van der Waals surface area contributed by atoms with E-state index in [1.165, 1.54) is 0 Å². The van der Waals surface area contributed by atoms with Crippen molar-refractivity contribution in [3.8, 4) is 5.75 Å². The normalized spacial score (nSPS) is 11.8. The van der Waals surface area contributed by atoms with Crippen molar-refractivity contribution in [2.75, 3.05) is 7.11 Å². The predicted octanol–water partition coefficient (Wildman–Crippen LogP) is 2.89. The third-order valence-electron chi connectivity index (χ3n) is 3.12. The maximum atomic E-state index is 12.1. The molecule has 0 bridgehead atoms. The Morgan fingerprint density at radius 2 is 1.95 bits per heavy atom. The third kappa shape index (κ3) is 3.35. The summed E-state index contributed by atoms with van der Waals surface area (Å²) < 4.78 is 5.12. The first kappa shape index (κ1) is 14.1. The molecule has 0 aliphatic rings. The minimum Gasteiger partial charge on any atom is -0.497 e. The van der Waals surface area contributed by atoms with Gasteiger partial charge in [-0.05, 0) is 43.7 Å². The molecule has 1 N–H and O–H groups in total. The SMILES string of the molecule is COc1ccc(C(C)NC(=O)c2ccnc(C)c2)cc1. The van der Waals surface area contributed by atoms with Gasteiger partial charge in [0, 0.05) is 17.5 Å². The van der Waals surface area contributed by atoms with Crippen LogP contribution in [0.2, 0.25) is 0 Å². The maximum absolute atomic E-state index is 12.1. The number of hydrogen-bond donors (Lipinski definition) is 1. The zero-order valence-corrected chi connectivity index (χ0v) is 11.9. The van der Waals surface area contributed by atoms with E-state index in [1.54, 1.807) is 25.4 Å². The molecule has 0 saturated carbocycles. The van der Waals surface area contributed by atoms with Crippen molar-refractivity contribution in [2.24, 2.45) is 0 Å². The van der Waals surface area contributed by atoms with Crippen molar-refractivity contribution in [3.05, 3.63) is 59.4 Å². The summed E-state index contributed by atoms with van der Waals surface area (Å²) in [7, 11) is 1.63. The molecular formula is C16H18N2O2. The fraction of sp³-hybridized carbons (Fsp3) is 0.250. The van der Waals surface area contributed by atoms with Gasteiger partial charge in [-0.2, -0.15) is 0 Å². The molecule has 1 heterocycles. The second-order valence-electron chi connectivity index (χ2n) is 4.65. The Balaban J connectivity index is 2.06. The number of benzene rings is 1. The Hall–Kier alpha value is -2.36. The number of methoxy groups -OCH3 is 1. The maximum Gasteiger partial charge on any atom is 0.251 e. The smallest absolute Gasteiger partial charge is 0.251 e. The minimum atomic E-state index is -0.0983. The fourth-order valence-corrected chi connectivity index (χ4v) is 1.94. The number of aryl methyl sites for hydroxylation is 1. The van der Waals surface area contributed by atoms with Crippen LogP contribution in [-0.4, -0.2) is 18.0 Å². The van der Waals surface area contributed by atoms with Gasteiger partial charge in [-0.3, -0.25) is 9.78 Å². The predicted molar refractivity (Wildman–Crippen MR) is 77.8 cm³/mol. The second-order valence-corrected chi connectivity index (χ2v) is 4.65. The lowest BCUT2D eigenvalue weighted by atomic mass is 10.1. The zero-order chi connectivity index (χ0) is 14.5. The number of rotatable bonds is 4. The number of carbonyl (C=O) groups is 1. The van der Waals surface area contributed by atoms with Gasteiger partial charge in [0.05, 0.1) is 13.2 Å². The quantitative estimate of drug-likeness (QED) is 0.929. The van der Waals surface area contributed by atoms with E-state index in [2.05, 4.69) is 10.3 Å². The average Bonchev–Trinajstić information content (AvgIpc) is 2.47. The Morgan fingerprint density at radius 3 is 2.55 bits per heavy atom.